The standard InChI is InChI=1S/C32H38N4O4/c1-5-40-30-17-11-9-15-28(30)34-32(38)36(23(2)3)22-31(37)35(21-25-12-6-10-16-29(25)39-4)19-18-24-20-33-27-14-8-7-13-26(24)27/h6-17,20,23,33H,5,18-19,21-22H2,1-4H3,(H,34,38). The lowest BCUT2D eigenvalue weighted by molar-refractivity contribution is -0.132. The van der Waals surface area contributed by atoms with Gasteiger partial charge in [0.1, 0.15) is 18.0 Å². The van der Waals surface area contributed by atoms with E-state index in [0.29, 0.717) is 37.6 Å². The average molecular weight is 543 g/mol. The quantitative estimate of drug-likeness (QED) is 0.227. The minimum Gasteiger partial charge on any atom is -0.496 e. The number of carbonyl (C=O) groups is 2. The molecular formula is C32H38N4O4. The maximum Gasteiger partial charge on any atom is 0.322 e. The van der Waals surface area contributed by atoms with Crippen LogP contribution < -0.4 is 14.8 Å². The fraction of sp³-hybridized carbons (Fsp3) is 0.312. The molecule has 0 spiro atoms. The van der Waals surface area contributed by atoms with Gasteiger partial charge in [-0.25, -0.2) is 4.79 Å². The van der Waals surface area contributed by atoms with E-state index in [1.165, 1.54) is 0 Å². The molecule has 2 N–H and O–H groups in total. The minimum absolute atomic E-state index is 0.0661. The Kier molecular flexibility index (Phi) is 9.67. The zero-order valence-corrected chi connectivity index (χ0v) is 23.6. The molecule has 40 heavy (non-hydrogen) atoms. The predicted molar refractivity (Wildman–Crippen MR) is 159 cm³/mol. The van der Waals surface area contributed by atoms with Gasteiger partial charge < -0.3 is 29.6 Å². The number of rotatable bonds is 12. The van der Waals surface area contributed by atoms with Crippen molar-refractivity contribution in [3.8, 4) is 11.5 Å². The molecular weight excluding hydrogens is 504 g/mol. The highest BCUT2D eigenvalue weighted by Crippen LogP contribution is 2.25. The Morgan fingerprint density at radius 1 is 0.925 bits per heavy atom. The number of hydrogen-bond acceptors (Lipinski definition) is 4. The molecule has 0 saturated heterocycles. The summed E-state index contributed by atoms with van der Waals surface area (Å²) in [5.41, 5.74) is 3.68. The molecule has 0 aliphatic heterocycles. The molecule has 210 valence electrons. The highest BCUT2D eigenvalue weighted by molar-refractivity contribution is 5.94. The summed E-state index contributed by atoms with van der Waals surface area (Å²) >= 11 is 0. The van der Waals surface area contributed by atoms with Crippen LogP contribution in [0.4, 0.5) is 10.5 Å². The molecule has 8 nitrogen and oxygen atoms in total. The molecule has 1 heterocycles. The molecule has 4 rings (SSSR count). The average Bonchev–Trinajstić information content (AvgIpc) is 3.38. The Hall–Kier alpha value is -4.46. The van der Waals surface area contributed by atoms with E-state index < -0.39 is 0 Å². The van der Waals surface area contributed by atoms with Gasteiger partial charge in [-0.1, -0.05) is 48.5 Å². The van der Waals surface area contributed by atoms with Gasteiger partial charge in [-0.2, -0.15) is 0 Å². The third-order valence-corrected chi connectivity index (χ3v) is 6.85. The first-order chi connectivity index (χ1) is 19.4. The van der Waals surface area contributed by atoms with Crippen LogP contribution in [0.25, 0.3) is 10.9 Å². The number of H-pyrrole nitrogens is 1. The Labute approximate surface area is 235 Å². The molecule has 0 bridgehead atoms. The molecule has 0 saturated carbocycles. The summed E-state index contributed by atoms with van der Waals surface area (Å²) in [5, 5.41) is 4.07. The topological polar surface area (TPSA) is 86.9 Å². The van der Waals surface area contributed by atoms with E-state index >= 15 is 0 Å². The number of carbonyl (C=O) groups excluding carboxylic acids is 2. The van der Waals surface area contributed by atoms with Crippen molar-refractivity contribution in [2.75, 3.05) is 32.1 Å². The zero-order valence-electron chi connectivity index (χ0n) is 23.6. The number of nitrogens with one attached hydrogen (secondary N) is 2. The van der Waals surface area contributed by atoms with Gasteiger partial charge in [0.2, 0.25) is 5.91 Å². The van der Waals surface area contributed by atoms with E-state index in [9.17, 15) is 9.59 Å². The maximum atomic E-state index is 13.8. The summed E-state index contributed by atoms with van der Waals surface area (Å²) in [4.78, 5) is 33.9. The zero-order chi connectivity index (χ0) is 28.5. The molecule has 3 aromatic carbocycles. The molecule has 3 amide bonds. The van der Waals surface area contributed by atoms with Crippen molar-refractivity contribution < 1.29 is 19.1 Å². The number of nitrogens with zero attached hydrogens (tertiary/aromatic N) is 2. The van der Waals surface area contributed by atoms with Crippen LogP contribution in [0.1, 0.15) is 31.9 Å². The Bertz CT molecular complexity index is 1430. The summed E-state index contributed by atoms with van der Waals surface area (Å²) in [5.74, 6) is 1.16. The van der Waals surface area contributed by atoms with E-state index in [4.69, 9.17) is 9.47 Å². The van der Waals surface area contributed by atoms with Gasteiger partial charge in [0.15, 0.2) is 0 Å². The monoisotopic (exact) mass is 542 g/mol. The lowest BCUT2D eigenvalue weighted by Gasteiger charge is -2.30. The molecule has 8 heteroatoms. The summed E-state index contributed by atoms with van der Waals surface area (Å²) in [6.45, 7) is 6.96. The molecule has 0 aliphatic rings. The van der Waals surface area contributed by atoms with Crippen molar-refractivity contribution in [2.24, 2.45) is 0 Å². The third kappa shape index (κ3) is 6.94. The number of fused-ring (bicyclic) bond motifs is 1. The highest BCUT2D eigenvalue weighted by Gasteiger charge is 2.25. The van der Waals surface area contributed by atoms with Crippen molar-refractivity contribution in [3.63, 3.8) is 0 Å². The molecule has 0 fully saturated rings. The summed E-state index contributed by atoms with van der Waals surface area (Å²) in [7, 11) is 1.63. The lowest BCUT2D eigenvalue weighted by Crippen LogP contribution is -2.47. The van der Waals surface area contributed by atoms with Crippen LogP contribution in [0.5, 0.6) is 11.5 Å². The number of urea groups is 1. The Morgan fingerprint density at radius 3 is 2.38 bits per heavy atom. The van der Waals surface area contributed by atoms with Crippen molar-refractivity contribution in [1.29, 1.82) is 0 Å². The molecule has 4 aromatic rings. The smallest absolute Gasteiger partial charge is 0.322 e. The van der Waals surface area contributed by atoms with Gasteiger partial charge in [0.05, 0.1) is 19.4 Å². The number of aromatic amines is 1. The predicted octanol–water partition coefficient (Wildman–Crippen LogP) is 6.09. The van der Waals surface area contributed by atoms with Crippen molar-refractivity contribution in [3.05, 3.63) is 90.1 Å². The second-order valence-corrected chi connectivity index (χ2v) is 9.82. The van der Waals surface area contributed by atoms with Crippen LogP contribution in [0.3, 0.4) is 0 Å². The lowest BCUT2D eigenvalue weighted by atomic mass is 10.1. The molecule has 1 aromatic heterocycles. The third-order valence-electron chi connectivity index (χ3n) is 6.85. The number of para-hydroxylation sites is 4. The number of ether oxygens (including phenoxy) is 2. The van der Waals surface area contributed by atoms with Gasteiger partial charge in [-0.3, -0.25) is 4.79 Å². The Balaban J connectivity index is 1.54. The number of benzene rings is 3. The minimum atomic E-state index is -0.357. The van der Waals surface area contributed by atoms with E-state index in [2.05, 4.69) is 16.4 Å². The second-order valence-electron chi connectivity index (χ2n) is 9.82. The molecule has 0 atom stereocenters. The number of aromatic nitrogens is 1. The SMILES string of the molecule is CCOc1ccccc1NC(=O)N(CC(=O)N(CCc1c[nH]c2ccccc12)Cc1ccccc1OC)C(C)C. The molecule has 0 unspecified atom stereocenters. The first kappa shape index (κ1) is 28.5. The van der Waals surface area contributed by atoms with E-state index in [1.807, 2.05) is 87.6 Å². The maximum absolute atomic E-state index is 13.8. The van der Waals surface area contributed by atoms with Crippen LogP contribution in [0.2, 0.25) is 0 Å². The van der Waals surface area contributed by atoms with Gasteiger partial charge in [-0.05, 0) is 57.0 Å². The first-order valence-electron chi connectivity index (χ1n) is 13.6. The van der Waals surface area contributed by atoms with Crippen LogP contribution in [0.15, 0.2) is 79.0 Å². The largest absolute Gasteiger partial charge is 0.496 e. The van der Waals surface area contributed by atoms with Gasteiger partial charge in [0.25, 0.3) is 0 Å². The molecule has 0 radical (unpaired) electrons. The van der Waals surface area contributed by atoms with E-state index in [-0.39, 0.29) is 24.5 Å². The van der Waals surface area contributed by atoms with Crippen molar-refractivity contribution >= 4 is 28.5 Å². The number of hydrogen-bond donors (Lipinski definition) is 2. The van der Waals surface area contributed by atoms with Gasteiger partial charge >= 0.3 is 6.03 Å². The van der Waals surface area contributed by atoms with Crippen LogP contribution >= 0.6 is 0 Å². The van der Waals surface area contributed by atoms with Crippen molar-refractivity contribution in [2.45, 2.75) is 39.8 Å². The summed E-state index contributed by atoms with van der Waals surface area (Å²) < 4.78 is 11.2. The highest BCUT2D eigenvalue weighted by atomic mass is 16.5. The van der Waals surface area contributed by atoms with E-state index in [0.717, 1.165) is 27.8 Å². The molecule has 0 aliphatic carbocycles. The Morgan fingerprint density at radius 2 is 1.62 bits per heavy atom. The fourth-order valence-corrected chi connectivity index (χ4v) is 4.70. The van der Waals surface area contributed by atoms with Gasteiger partial charge in [0, 0.05) is 41.8 Å². The fourth-order valence-electron chi connectivity index (χ4n) is 4.70. The number of methoxy groups -OCH3 is 1. The van der Waals surface area contributed by atoms with Crippen LogP contribution in [-0.2, 0) is 17.8 Å². The van der Waals surface area contributed by atoms with Gasteiger partial charge in [-0.15, -0.1) is 0 Å². The van der Waals surface area contributed by atoms with Crippen molar-refractivity contribution in [1.82, 2.24) is 14.8 Å². The second kappa shape index (κ2) is 13.6. The van der Waals surface area contributed by atoms with E-state index in [1.54, 1.807) is 23.0 Å². The normalized spacial score (nSPS) is 10.9. The first-order valence-corrected chi connectivity index (χ1v) is 13.6. The van der Waals surface area contributed by atoms with Crippen LogP contribution in [0, 0.1) is 0 Å². The van der Waals surface area contributed by atoms with Crippen LogP contribution in [-0.4, -0.2) is 59.6 Å². The summed E-state index contributed by atoms with van der Waals surface area (Å²) in [6.07, 6.45) is 2.67. The number of amides is 3. The summed E-state index contributed by atoms with van der Waals surface area (Å²) in [6, 6.07) is 22.6. The number of anilines is 1.